The van der Waals surface area contributed by atoms with Crippen molar-refractivity contribution in [2.75, 3.05) is 19.6 Å². The second kappa shape index (κ2) is 11.4. The second-order valence-electron chi connectivity index (χ2n) is 11.6. The predicted octanol–water partition coefficient (Wildman–Crippen LogP) is 5.29. The van der Waals surface area contributed by atoms with Gasteiger partial charge < -0.3 is 20.6 Å². The number of amides is 2. The molecule has 5 nitrogen and oxygen atoms in total. The molecule has 3 fully saturated rings. The number of nitrogens with zero attached hydrogens (tertiary/aromatic N) is 1. The van der Waals surface area contributed by atoms with E-state index in [1.807, 2.05) is 67.6 Å². The van der Waals surface area contributed by atoms with Crippen molar-refractivity contribution in [1.82, 2.24) is 15.5 Å². The highest BCUT2D eigenvalue weighted by Gasteiger charge is 2.39. The van der Waals surface area contributed by atoms with E-state index in [1.165, 1.54) is 58.2 Å². The summed E-state index contributed by atoms with van der Waals surface area (Å²) in [7, 11) is 0. The van der Waals surface area contributed by atoms with E-state index < -0.39 is 11.6 Å². The lowest BCUT2D eigenvalue weighted by Crippen LogP contribution is -2.54. The van der Waals surface area contributed by atoms with Crippen molar-refractivity contribution in [2.45, 2.75) is 76.0 Å². The number of likely N-dealkylation sites (tertiary alicyclic amines) is 1. The third kappa shape index (κ3) is 5.78. The van der Waals surface area contributed by atoms with Crippen molar-refractivity contribution in [1.29, 1.82) is 0 Å². The Bertz CT molecular complexity index is 922. The Labute approximate surface area is 216 Å². The molecule has 3 atom stereocenters. The molecule has 2 aliphatic carbocycles. The van der Waals surface area contributed by atoms with Gasteiger partial charge in [0.05, 0.1) is 6.04 Å². The lowest BCUT2D eigenvalue weighted by Gasteiger charge is -2.37. The molecule has 1 saturated heterocycles. The molecule has 1 heterocycles. The van der Waals surface area contributed by atoms with E-state index in [1.54, 1.807) is 0 Å². The summed E-state index contributed by atoms with van der Waals surface area (Å²) >= 11 is 0. The average Bonchev–Trinajstić information content (AvgIpc) is 3.26. The van der Waals surface area contributed by atoms with Gasteiger partial charge in [-0.05, 0) is 93.7 Å². The van der Waals surface area contributed by atoms with Gasteiger partial charge in [-0.1, -0.05) is 60.7 Å². The fourth-order valence-corrected chi connectivity index (χ4v) is 7.04. The van der Waals surface area contributed by atoms with E-state index in [9.17, 15) is 9.90 Å². The van der Waals surface area contributed by atoms with Crippen LogP contribution in [-0.2, 0) is 5.60 Å². The molecule has 3 aliphatic rings. The van der Waals surface area contributed by atoms with E-state index in [2.05, 4.69) is 15.5 Å². The number of benzene rings is 2. The van der Waals surface area contributed by atoms with Crippen molar-refractivity contribution in [3.05, 3.63) is 71.8 Å². The number of hydrogen-bond acceptors (Lipinski definition) is 3. The first-order valence-corrected chi connectivity index (χ1v) is 14.1. The summed E-state index contributed by atoms with van der Waals surface area (Å²) in [5.74, 6) is 2.71. The van der Waals surface area contributed by atoms with Crippen molar-refractivity contribution < 1.29 is 9.90 Å². The van der Waals surface area contributed by atoms with E-state index >= 15 is 0 Å². The molecule has 194 valence electrons. The molecular formula is C31H43N3O2. The van der Waals surface area contributed by atoms with Crippen LogP contribution in [0.4, 0.5) is 4.79 Å². The molecule has 3 N–H and O–H groups in total. The number of carbonyl (C=O) groups excluding carboxylic acids is 1. The number of fused-ring (bicyclic) bond motifs is 2. The van der Waals surface area contributed by atoms with E-state index in [-0.39, 0.29) is 12.1 Å². The number of urea groups is 1. The highest BCUT2D eigenvalue weighted by molar-refractivity contribution is 5.75. The number of carbonyl (C=O) groups is 1. The van der Waals surface area contributed by atoms with Gasteiger partial charge in [-0.3, -0.25) is 0 Å². The molecule has 0 radical (unpaired) electrons. The van der Waals surface area contributed by atoms with Crippen molar-refractivity contribution in [3.8, 4) is 0 Å². The molecular weight excluding hydrogens is 446 g/mol. The zero-order chi connectivity index (χ0) is 25.0. The van der Waals surface area contributed by atoms with E-state index in [0.717, 1.165) is 41.7 Å². The van der Waals surface area contributed by atoms with E-state index in [0.29, 0.717) is 0 Å². The SMILES string of the molecule is C[C@@H](NC(=O)NC1CCC(CCN2C[C@@H]3CC[C@@H](C3)C2)CC1)C(O)(c1ccccc1)c1ccccc1. The van der Waals surface area contributed by atoms with Crippen LogP contribution in [0.15, 0.2) is 60.7 Å². The standard InChI is InChI=1S/C31H43N3O2/c1-23(31(36,27-8-4-2-5-9-27)28-10-6-3-7-11-28)32-30(35)33-29-16-14-24(15-17-29)18-19-34-21-25-12-13-26(20-25)22-34/h2-11,23-26,29,36H,12-22H2,1H3,(H2,32,33,35)/t23-,24?,25-,26+,29?/m1/s1. The number of rotatable bonds is 8. The lowest BCUT2D eigenvalue weighted by atomic mass is 9.81. The summed E-state index contributed by atoms with van der Waals surface area (Å²) in [4.78, 5) is 15.7. The lowest BCUT2D eigenvalue weighted by molar-refractivity contribution is 0.0470. The molecule has 1 aliphatic heterocycles. The van der Waals surface area contributed by atoms with Crippen LogP contribution in [0.25, 0.3) is 0 Å². The Morgan fingerprint density at radius 3 is 2.03 bits per heavy atom. The van der Waals surface area contributed by atoms with Crippen LogP contribution in [0.3, 0.4) is 0 Å². The normalized spacial score (nSPS) is 27.4. The van der Waals surface area contributed by atoms with Gasteiger partial charge >= 0.3 is 6.03 Å². The van der Waals surface area contributed by atoms with Gasteiger partial charge in [0.2, 0.25) is 0 Å². The quantitative estimate of drug-likeness (QED) is 0.472. The topological polar surface area (TPSA) is 64.6 Å². The monoisotopic (exact) mass is 489 g/mol. The summed E-state index contributed by atoms with van der Waals surface area (Å²) in [5.41, 5.74) is 0.225. The first-order valence-electron chi connectivity index (χ1n) is 14.1. The maximum atomic E-state index is 13.0. The molecule has 36 heavy (non-hydrogen) atoms. The molecule has 2 aromatic rings. The first-order chi connectivity index (χ1) is 17.5. The summed E-state index contributed by atoms with van der Waals surface area (Å²) in [6.07, 6.45) is 10.1. The van der Waals surface area contributed by atoms with Crippen LogP contribution >= 0.6 is 0 Å². The van der Waals surface area contributed by atoms with Gasteiger partial charge in [0, 0.05) is 19.1 Å². The fraction of sp³-hybridized carbons (Fsp3) is 0.581. The molecule has 5 rings (SSSR count). The molecule has 0 spiro atoms. The van der Waals surface area contributed by atoms with Gasteiger partial charge in [-0.2, -0.15) is 0 Å². The maximum Gasteiger partial charge on any atom is 0.315 e. The van der Waals surface area contributed by atoms with Crippen molar-refractivity contribution in [2.24, 2.45) is 17.8 Å². The minimum atomic E-state index is -1.31. The summed E-state index contributed by atoms with van der Waals surface area (Å²) in [5, 5.41) is 18.1. The number of nitrogens with one attached hydrogen (secondary N) is 2. The molecule has 5 heteroatoms. The van der Waals surface area contributed by atoms with Crippen LogP contribution in [0.2, 0.25) is 0 Å². The summed E-state index contributed by atoms with van der Waals surface area (Å²) < 4.78 is 0. The van der Waals surface area contributed by atoms with Crippen LogP contribution in [0, 0.1) is 17.8 Å². The second-order valence-corrected chi connectivity index (χ2v) is 11.6. The first kappa shape index (κ1) is 25.3. The minimum absolute atomic E-state index is 0.194. The van der Waals surface area contributed by atoms with E-state index in [4.69, 9.17) is 0 Å². The predicted molar refractivity (Wildman–Crippen MR) is 145 cm³/mol. The highest BCUT2D eigenvalue weighted by Crippen LogP contribution is 2.37. The Balaban J connectivity index is 1.10. The zero-order valence-electron chi connectivity index (χ0n) is 21.7. The Hall–Kier alpha value is -2.37. The Morgan fingerprint density at radius 2 is 1.47 bits per heavy atom. The van der Waals surface area contributed by atoms with Gasteiger partial charge in [-0.25, -0.2) is 4.79 Å². The largest absolute Gasteiger partial charge is 0.378 e. The number of aliphatic hydroxyl groups is 1. The number of piperidine rings is 1. The smallest absolute Gasteiger partial charge is 0.315 e. The third-order valence-electron chi connectivity index (χ3n) is 9.12. The molecule has 2 bridgehead atoms. The van der Waals surface area contributed by atoms with Crippen LogP contribution in [0.1, 0.15) is 69.4 Å². The van der Waals surface area contributed by atoms with Gasteiger partial charge in [0.1, 0.15) is 5.60 Å². The Morgan fingerprint density at radius 1 is 0.917 bits per heavy atom. The maximum absolute atomic E-state index is 13.0. The molecule has 2 saturated carbocycles. The van der Waals surface area contributed by atoms with Gasteiger partial charge in [-0.15, -0.1) is 0 Å². The number of hydrogen-bond donors (Lipinski definition) is 3. The van der Waals surface area contributed by atoms with Crippen molar-refractivity contribution in [3.63, 3.8) is 0 Å². The van der Waals surface area contributed by atoms with Gasteiger partial charge in [0.25, 0.3) is 0 Å². The van der Waals surface area contributed by atoms with Crippen LogP contribution in [-0.4, -0.2) is 47.8 Å². The average molecular weight is 490 g/mol. The Kier molecular flexibility index (Phi) is 7.97. The molecule has 0 aromatic heterocycles. The summed E-state index contributed by atoms with van der Waals surface area (Å²) in [6.45, 7) is 5.78. The van der Waals surface area contributed by atoms with Crippen LogP contribution < -0.4 is 10.6 Å². The fourth-order valence-electron chi connectivity index (χ4n) is 7.04. The molecule has 2 amide bonds. The summed E-state index contributed by atoms with van der Waals surface area (Å²) in [6, 6.07) is 18.7. The van der Waals surface area contributed by atoms with Crippen molar-refractivity contribution >= 4 is 6.03 Å². The van der Waals surface area contributed by atoms with Crippen LogP contribution in [0.5, 0.6) is 0 Å². The highest BCUT2D eigenvalue weighted by atomic mass is 16.3. The zero-order valence-corrected chi connectivity index (χ0v) is 21.7. The molecule has 0 unspecified atom stereocenters. The van der Waals surface area contributed by atoms with Gasteiger partial charge in [0.15, 0.2) is 0 Å². The third-order valence-corrected chi connectivity index (χ3v) is 9.12. The molecule has 2 aromatic carbocycles. The minimum Gasteiger partial charge on any atom is -0.378 e.